The molecule has 3 aliphatic heterocycles. The Hall–Kier alpha value is -2.64. The van der Waals surface area contributed by atoms with Crippen LogP contribution in [0.4, 0.5) is 5.69 Å². The Balaban J connectivity index is 1.42. The van der Waals surface area contributed by atoms with Crippen LogP contribution < -0.4 is 14.4 Å². The number of hydrogen-bond donors (Lipinski definition) is 0. The van der Waals surface area contributed by atoms with Gasteiger partial charge in [-0.2, -0.15) is 0 Å². The molecule has 1 aromatic rings. The third kappa shape index (κ3) is 4.13. The minimum Gasteiger partial charge on any atom is -0.454 e. The van der Waals surface area contributed by atoms with Crippen LogP contribution in [0.25, 0.3) is 0 Å². The number of aldehydes is 1. The fourth-order valence-electron chi connectivity index (χ4n) is 4.40. The van der Waals surface area contributed by atoms with Crippen molar-refractivity contribution >= 4 is 17.9 Å². The van der Waals surface area contributed by atoms with Gasteiger partial charge in [0, 0.05) is 31.4 Å². The number of morpholine rings is 1. The van der Waals surface area contributed by atoms with Crippen LogP contribution in [0.3, 0.4) is 0 Å². The SMILES string of the molecule is C=C/C=C(\C=O)CCN1CCC2(CC1)CN(c1ccc3c(c1)OCO3)C(=O)C(C)O2. The van der Waals surface area contributed by atoms with Crippen LogP contribution in [0.15, 0.2) is 42.5 Å². The first kappa shape index (κ1) is 20.6. The minimum atomic E-state index is -0.493. The van der Waals surface area contributed by atoms with Crippen molar-refractivity contribution in [2.24, 2.45) is 0 Å². The highest BCUT2D eigenvalue weighted by Crippen LogP contribution is 2.39. The van der Waals surface area contributed by atoms with Crippen molar-refractivity contribution in [1.82, 2.24) is 4.90 Å². The van der Waals surface area contributed by atoms with Crippen molar-refractivity contribution in [3.05, 3.63) is 42.5 Å². The molecule has 1 unspecified atom stereocenters. The highest BCUT2D eigenvalue weighted by atomic mass is 16.7. The third-order valence-electron chi connectivity index (χ3n) is 6.12. The molecule has 3 heterocycles. The highest BCUT2D eigenvalue weighted by Gasteiger charge is 2.45. The van der Waals surface area contributed by atoms with Crippen molar-refractivity contribution in [1.29, 1.82) is 0 Å². The normalized spacial score (nSPS) is 23.6. The van der Waals surface area contributed by atoms with Gasteiger partial charge in [-0.15, -0.1) is 0 Å². The zero-order valence-corrected chi connectivity index (χ0v) is 17.3. The number of hydrogen-bond acceptors (Lipinski definition) is 6. The summed E-state index contributed by atoms with van der Waals surface area (Å²) < 4.78 is 17.1. The molecule has 2 saturated heterocycles. The molecule has 0 aromatic heterocycles. The summed E-state index contributed by atoms with van der Waals surface area (Å²) in [5.74, 6) is 1.34. The van der Waals surface area contributed by atoms with Crippen LogP contribution in [0.2, 0.25) is 0 Å². The summed E-state index contributed by atoms with van der Waals surface area (Å²) in [5.41, 5.74) is 1.21. The standard InChI is InChI=1S/C23H28N2O5/c1-3-4-18(14-26)7-10-24-11-8-23(9-12-24)15-25(22(27)17(2)30-23)19-5-6-20-21(13-19)29-16-28-20/h3-6,13-14,17H,1,7-12,15-16H2,2H3/b18-4-. The lowest BCUT2D eigenvalue weighted by atomic mass is 9.88. The Bertz CT molecular complexity index is 857. The number of carbonyl (C=O) groups is 2. The van der Waals surface area contributed by atoms with E-state index in [2.05, 4.69) is 11.5 Å². The summed E-state index contributed by atoms with van der Waals surface area (Å²) >= 11 is 0. The van der Waals surface area contributed by atoms with E-state index < -0.39 is 6.10 Å². The summed E-state index contributed by atoms with van der Waals surface area (Å²) in [7, 11) is 0. The van der Waals surface area contributed by atoms with E-state index in [0.717, 1.165) is 50.0 Å². The molecule has 1 atom stereocenters. The molecular formula is C23H28N2O5. The average molecular weight is 412 g/mol. The van der Waals surface area contributed by atoms with Gasteiger partial charge in [0.2, 0.25) is 6.79 Å². The first-order chi connectivity index (χ1) is 14.5. The molecule has 2 fully saturated rings. The molecule has 1 aromatic carbocycles. The third-order valence-corrected chi connectivity index (χ3v) is 6.12. The first-order valence-corrected chi connectivity index (χ1v) is 10.4. The number of likely N-dealkylation sites (tertiary alicyclic amines) is 1. The Morgan fingerprint density at radius 2 is 2.03 bits per heavy atom. The average Bonchev–Trinajstić information content (AvgIpc) is 3.23. The number of piperidine rings is 1. The topological polar surface area (TPSA) is 68.3 Å². The summed E-state index contributed by atoms with van der Waals surface area (Å²) in [6.45, 7) is 8.78. The van der Waals surface area contributed by atoms with Crippen LogP contribution in [0, 0.1) is 0 Å². The van der Waals surface area contributed by atoms with Crippen molar-refractivity contribution in [3.63, 3.8) is 0 Å². The summed E-state index contributed by atoms with van der Waals surface area (Å²) in [6, 6.07) is 5.62. The molecule has 0 bridgehead atoms. The maximum Gasteiger partial charge on any atom is 0.255 e. The summed E-state index contributed by atoms with van der Waals surface area (Å²) in [6.07, 6.45) is 6.20. The smallest absolute Gasteiger partial charge is 0.255 e. The number of nitrogens with zero attached hydrogens (tertiary/aromatic N) is 2. The Morgan fingerprint density at radius 1 is 1.27 bits per heavy atom. The Morgan fingerprint density at radius 3 is 2.77 bits per heavy atom. The fraction of sp³-hybridized carbons (Fsp3) is 0.478. The number of ether oxygens (including phenoxy) is 3. The molecule has 0 saturated carbocycles. The lowest BCUT2D eigenvalue weighted by Crippen LogP contribution is -2.61. The van der Waals surface area contributed by atoms with Gasteiger partial charge >= 0.3 is 0 Å². The lowest BCUT2D eigenvalue weighted by molar-refractivity contribution is -0.161. The number of allylic oxidation sites excluding steroid dienone is 2. The maximum absolute atomic E-state index is 12.9. The molecule has 1 amide bonds. The molecule has 4 rings (SSSR count). The number of fused-ring (bicyclic) bond motifs is 1. The predicted octanol–water partition coefficient (Wildman–Crippen LogP) is 2.70. The molecule has 30 heavy (non-hydrogen) atoms. The second-order valence-electron chi connectivity index (χ2n) is 8.09. The van der Waals surface area contributed by atoms with Crippen molar-refractivity contribution in [3.8, 4) is 11.5 Å². The van der Waals surface area contributed by atoms with Gasteiger partial charge in [0.05, 0.1) is 12.1 Å². The predicted molar refractivity (Wildman–Crippen MR) is 113 cm³/mol. The monoisotopic (exact) mass is 412 g/mol. The molecule has 7 nitrogen and oxygen atoms in total. The number of benzene rings is 1. The van der Waals surface area contributed by atoms with E-state index in [-0.39, 0.29) is 18.3 Å². The van der Waals surface area contributed by atoms with Crippen LogP contribution >= 0.6 is 0 Å². The molecular weight excluding hydrogens is 384 g/mol. The fourth-order valence-corrected chi connectivity index (χ4v) is 4.40. The molecule has 160 valence electrons. The first-order valence-electron chi connectivity index (χ1n) is 10.4. The van der Waals surface area contributed by atoms with Crippen LogP contribution in [0.1, 0.15) is 26.2 Å². The van der Waals surface area contributed by atoms with Gasteiger partial charge in [0.25, 0.3) is 5.91 Å². The second kappa shape index (κ2) is 8.62. The molecule has 0 N–H and O–H groups in total. The number of amides is 1. The van der Waals surface area contributed by atoms with E-state index in [1.807, 2.05) is 30.0 Å². The number of rotatable bonds is 6. The van der Waals surface area contributed by atoms with Gasteiger partial charge in [-0.25, -0.2) is 0 Å². The summed E-state index contributed by atoms with van der Waals surface area (Å²) in [5, 5.41) is 0. The number of carbonyl (C=O) groups excluding carboxylic acids is 2. The van der Waals surface area contributed by atoms with E-state index in [1.165, 1.54) is 0 Å². The largest absolute Gasteiger partial charge is 0.454 e. The van der Waals surface area contributed by atoms with Gasteiger partial charge in [-0.3, -0.25) is 9.59 Å². The van der Waals surface area contributed by atoms with Crippen LogP contribution in [0.5, 0.6) is 11.5 Å². The van der Waals surface area contributed by atoms with Gasteiger partial charge in [-0.1, -0.05) is 18.7 Å². The summed E-state index contributed by atoms with van der Waals surface area (Å²) in [4.78, 5) is 28.1. The van der Waals surface area contributed by atoms with Crippen LogP contribution in [-0.4, -0.2) is 61.8 Å². The van der Waals surface area contributed by atoms with Gasteiger partial charge in [-0.05, 0) is 43.9 Å². The minimum absolute atomic E-state index is 0.0351. The zero-order valence-electron chi connectivity index (χ0n) is 17.3. The Labute approximate surface area is 176 Å². The number of anilines is 1. The molecule has 7 heteroatoms. The maximum atomic E-state index is 12.9. The van der Waals surface area contributed by atoms with E-state index in [4.69, 9.17) is 14.2 Å². The van der Waals surface area contributed by atoms with Gasteiger partial charge in [0.1, 0.15) is 12.4 Å². The van der Waals surface area contributed by atoms with Crippen molar-refractivity contribution in [2.75, 3.05) is 37.9 Å². The van der Waals surface area contributed by atoms with Crippen molar-refractivity contribution < 1.29 is 23.8 Å². The quantitative estimate of drug-likeness (QED) is 0.407. The van der Waals surface area contributed by atoms with E-state index in [1.54, 1.807) is 12.2 Å². The molecule has 3 aliphatic rings. The van der Waals surface area contributed by atoms with Gasteiger partial charge in [0.15, 0.2) is 11.5 Å². The van der Waals surface area contributed by atoms with E-state index >= 15 is 0 Å². The zero-order chi connectivity index (χ0) is 21.1. The Kier molecular flexibility index (Phi) is 5.92. The van der Waals surface area contributed by atoms with Crippen LogP contribution in [-0.2, 0) is 14.3 Å². The molecule has 0 radical (unpaired) electrons. The van der Waals surface area contributed by atoms with E-state index in [0.29, 0.717) is 24.5 Å². The molecule has 1 spiro atoms. The highest BCUT2D eigenvalue weighted by molar-refractivity contribution is 5.97. The molecule has 0 aliphatic carbocycles. The second-order valence-corrected chi connectivity index (χ2v) is 8.09. The van der Waals surface area contributed by atoms with Gasteiger partial charge < -0.3 is 24.0 Å². The van der Waals surface area contributed by atoms with E-state index in [9.17, 15) is 9.59 Å². The van der Waals surface area contributed by atoms with Crippen molar-refractivity contribution in [2.45, 2.75) is 37.9 Å². The lowest BCUT2D eigenvalue weighted by Gasteiger charge is -2.49.